The van der Waals surface area contributed by atoms with Crippen LogP contribution in [0.4, 0.5) is 0 Å². The van der Waals surface area contributed by atoms with Crippen molar-refractivity contribution in [1.29, 1.82) is 0 Å². The molecule has 4 nitrogen and oxygen atoms in total. The quantitative estimate of drug-likeness (QED) is 0.811. The molecule has 1 saturated heterocycles. The molecule has 27 heavy (non-hydrogen) atoms. The molecule has 0 amide bonds. The molecule has 0 spiro atoms. The number of aliphatic carboxylic acids is 1. The van der Waals surface area contributed by atoms with Gasteiger partial charge in [0, 0.05) is 0 Å². The zero-order valence-electron chi connectivity index (χ0n) is 16.4. The highest BCUT2D eigenvalue weighted by molar-refractivity contribution is 5.70. The van der Waals surface area contributed by atoms with Gasteiger partial charge in [0.15, 0.2) is 0 Å². The highest BCUT2D eigenvalue weighted by atomic mass is 16.5. The normalized spacial score (nSPS) is 16.9. The summed E-state index contributed by atoms with van der Waals surface area (Å²) in [7, 11) is 0. The third-order valence-electron chi connectivity index (χ3n) is 5.29. The molecule has 1 aliphatic heterocycles. The molecule has 4 heteroatoms. The third-order valence-corrected chi connectivity index (χ3v) is 5.29. The molecular weight excluding hydrogens is 338 g/mol. The standard InChI is InChI=1S/C23H29NO3/c1-4-27-21-7-5-6-19(15-21)22(20-13-16(2)12-17(3)14-20)24-10-8-18(9-11-24)23(25)26/h5-7,12-15,18,22H,4,8-11H2,1-3H3,(H,25,26). The summed E-state index contributed by atoms with van der Waals surface area (Å²) < 4.78 is 5.72. The second-order valence-corrected chi connectivity index (χ2v) is 7.48. The van der Waals surface area contributed by atoms with Crippen molar-refractivity contribution in [3.8, 4) is 5.75 Å². The topological polar surface area (TPSA) is 49.8 Å². The number of piperidine rings is 1. The zero-order chi connectivity index (χ0) is 19.4. The van der Waals surface area contributed by atoms with Crippen molar-refractivity contribution < 1.29 is 14.6 Å². The van der Waals surface area contributed by atoms with Gasteiger partial charge in [-0.25, -0.2) is 0 Å². The van der Waals surface area contributed by atoms with Crippen molar-refractivity contribution in [2.24, 2.45) is 5.92 Å². The number of hydrogen-bond acceptors (Lipinski definition) is 3. The van der Waals surface area contributed by atoms with Gasteiger partial charge in [0.1, 0.15) is 5.75 Å². The number of carbonyl (C=O) groups is 1. The Morgan fingerprint density at radius 3 is 2.37 bits per heavy atom. The molecule has 1 heterocycles. The Kier molecular flexibility index (Phi) is 6.17. The van der Waals surface area contributed by atoms with Gasteiger partial charge in [-0.1, -0.05) is 41.5 Å². The number of carboxylic acid groups (broad SMARTS) is 1. The summed E-state index contributed by atoms with van der Waals surface area (Å²) in [6.07, 6.45) is 1.39. The van der Waals surface area contributed by atoms with Crippen LogP contribution in [-0.4, -0.2) is 35.7 Å². The summed E-state index contributed by atoms with van der Waals surface area (Å²) >= 11 is 0. The Balaban J connectivity index is 1.97. The molecule has 1 unspecified atom stereocenters. The minimum absolute atomic E-state index is 0.110. The highest BCUT2D eigenvalue weighted by Gasteiger charge is 2.30. The van der Waals surface area contributed by atoms with Gasteiger partial charge in [-0.2, -0.15) is 0 Å². The lowest BCUT2D eigenvalue weighted by Crippen LogP contribution is -2.39. The van der Waals surface area contributed by atoms with Crippen molar-refractivity contribution in [2.45, 2.75) is 39.7 Å². The first kappa shape index (κ1) is 19.4. The van der Waals surface area contributed by atoms with Gasteiger partial charge in [0.25, 0.3) is 0 Å². The molecule has 3 rings (SSSR count). The summed E-state index contributed by atoms with van der Waals surface area (Å²) in [5, 5.41) is 9.33. The lowest BCUT2D eigenvalue weighted by atomic mass is 9.90. The van der Waals surface area contributed by atoms with E-state index in [-0.39, 0.29) is 12.0 Å². The maximum absolute atomic E-state index is 11.3. The summed E-state index contributed by atoms with van der Waals surface area (Å²) in [5.41, 5.74) is 4.95. The first-order chi connectivity index (χ1) is 13.0. The Morgan fingerprint density at radius 2 is 1.78 bits per heavy atom. The summed E-state index contributed by atoms with van der Waals surface area (Å²) in [6, 6.07) is 15.1. The average Bonchev–Trinajstić information content (AvgIpc) is 2.62. The molecule has 0 aliphatic carbocycles. The van der Waals surface area contributed by atoms with E-state index in [1.54, 1.807) is 0 Å². The van der Waals surface area contributed by atoms with Gasteiger partial charge in [-0.05, 0) is 70.0 Å². The van der Waals surface area contributed by atoms with Crippen LogP contribution in [0.5, 0.6) is 5.75 Å². The predicted octanol–water partition coefficient (Wildman–Crippen LogP) is 4.59. The van der Waals surface area contributed by atoms with Crippen LogP contribution in [0.1, 0.15) is 48.1 Å². The Bertz CT molecular complexity index is 774. The predicted molar refractivity (Wildman–Crippen MR) is 107 cm³/mol. The van der Waals surface area contributed by atoms with Crippen molar-refractivity contribution in [1.82, 2.24) is 4.90 Å². The average molecular weight is 367 g/mol. The molecule has 144 valence electrons. The molecule has 1 aliphatic rings. The molecule has 1 N–H and O–H groups in total. The van der Waals surface area contributed by atoms with E-state index in [2.05, 4.69) is 49.1 Å². The minimum atomic E-state index is -0.670. The number of ether oxygens (including phenoxy) is 1. The number of rotatable bonds is 6. The molecule has 0 bridgehead atoms. The number of likely N-dealkylation sites (tertiary alicyclic amines) is 1. The second-order valence-electron chi connectivity index (χ2n) is 7.48. The van der Waals surface area contributed by atoms with Crippen LogP contribution < -0.4 is 4.74 Å². The monoisotopic (exact) mass is 367 g/mol. The van der Waals surface area contributed by atoms with Crippen molar-refractivity contribution in [3.63, 3.8) is 0 Å². The smallest absolute Gasteiger partial charge is 0.306 e. The highest BCUT2D eigenvalue weighted by Crippen LogP contribution is 2.34. The minimum Gasteiger partial charge on any atom is -0.494 e. The van der Waals surface area contributed by atoms with E-state index >= 15 is 0 Å². The molecule has 0 saturated carbocycles. The van der Waals surface area contributed by atoms with Gasteiger partial charge < -0.3 is 9.84 Å². The Labute approximate surface area is 161 Å². The maximum Gasteiger partial charge on any atom is 0.306 e. The van der Waals surface area contributed by atoms with Crippen LogP contribution in [0, 0.1) is 19.8 Å². The number of hydrogen-bond donors (Lipinski definition) is 1. The second kappa shape index (κ2) is 8.57. The Morgan fingerprint density at radius 1 is 1.11 bits per heavy atom. The molecular formula is C23H29NO3. The summed E-state index contributed by atoms with van der Waals surface area (Å²) in [5.74, 6) is -0.0170. The van der Waals surface area contributed by atoms with Gasteiger partial charge >= 0.3 is 5.97 Å². The van der Waals surface area contributed by atoms with Crippen molar-refractivity contribution >= 4 is 5.97 Å². The van der Waals surface area contributed by atoms with E-state index in [9.17, 15) is 9.90 Å². The van der Waals surface area contributed by atoms with E-state index in [1.165, 1.54) is 22.3 Å². The number of aryl methyl sites for hydroxylation is 2. The van der Waals surface area contributed by atoms with E-state index in [1.807, 2.05) is 19.1 Å². The van der Waals surface area contributed by atoms with E-state index in [4.69, 9.17) is 4.74 Å². The molecule has 2 aromatic rings. The number of nitrogens with zero attached hydrogens (tertiary/aromatic N) is 1. The van der Waals surface area contributed by atoms with Gasteiger partial charge in [0.05, 0.1) is 18.6 Å². The van der Waals surface area contributed by atoms with Crippen LogP contribution in [0.15, 0.2) is 42.5 Å². The van der Waals surface area contributed by atoms with Gasteiger partial charge in [-0.15, -0.1) is 0 Å². The summed E-state index contributed by atoms with van der Waals surface area (Å²) in [6.45, 7) is 8.45. The molecule has 0 aromatic heterocycles. The largest absolute Gasteiger partial charge is 0.494 e. The van der Waals surface area contributed by atoms with Crippen molar-refractivity contribution in [2.75, 3.05) is 19.7 Å². The fraction of sp³-hybridized carbons (Fsp3) is 0.435. The van der Waals surface area contributed by atoms with Gasteiger partial charge in [0.2, 0.25) is 0 Å². The Hall–Kier alpha value is -2.33. The lowest BCUT2D eigenvalue weighted by Gasteiger charge is -2.37. The van der Waals surface area contributed by atoms with Gasteiger partial charge in [-0.3, -0.25) is 9.69 Å². The first-order valence-electron chi connectivity index (χ1n) is 9.75. The van der Waals surface area contributed by atoms with Crippen LogP contribution in [-0.2, 0) is 4.79 Å². The lowest BCUT2D eigenvalue weighted by molar-refractivity contribution is -0.143. The van der Waals surface area contributed by atoms with E-state index in [0.29, 0.717) is 19.4 Å². The third kappa shape index (κ3) is 4.69. The first-order valence-corrected chi connectivity index (χ1v) is 9.75. The van der Waals surface area contributed by atoms with Crippen molar-refractivity contribution in [3.05, 3.63) is 64.7 Å². The summed E-state index contributed by atoms with van der Waals surface area (Å²) in [4.78, 5) is 13.8. The fourth-order valence-electron chi connectivity index (χ4n) is 4.13. The zero-order valence-corrected chi connectivity index (χ0v) is 16.4. The van der Waals surface area contributed by atoms with Crippen LogP contribution in [0.3, 0.4) is 0 Å². The fourth-order valence-corrected chi connectivity index (χ4v) is 4.13. The SMILES string of the molecule is CCOc1cccc(C(c2cc(C)cc(C)c2)N2CCC(C(=O)O)CC2)c1. The van der Waals surface area contributed by atoms with E-state index < -0.39 is 5.97 Å². The van der Waals surface area contributed by atoms with Crippen LogP contribution in [0.2, 0.25) is 0 Å². The maximum atomic E-state index is 11.3. The van der Waals surface area contributed by atoms with Crippen LogP contribution >= 0.6 is 0 Å². The number of benzene rings is 2. The van der Waals surface area contributed by atoms with E-state index in [0.717, 1.165) is 18.8 Å². The molecule has 0 radical (unpaired) electrons. The number of carboxylic acids is 1. The molecule has 1 atom stereocenters. The van der Waals surface area contributed by atoms with Crippen LogP contribution in [0.25, 0.3) is 0 Å². The molecule has 2 aromatic carbocycles. The molecule has 1 fully saturated rings.